The van der Waals surface area contributed by atoms with Crippen molar-refractivity contribution in [3.05, 3.63) is 52.6 Å². The van der Waals surface area contributed by atoms with E-state index >= 15 is 0 Å². The number of amides is 1. The predicted octanol–water partition coefficient (Wildman–Crippen LogP) is 3.71. The molecule has 8 heteroatoms. The molecule has 1 heterocycles. The normalized spacial score (nSPS) is 11.3. The molecule has 0 aliphatic heterocycles. The van der Waals surface area contributed by atoms with Gasteiger partial charge in [-0.25, -0.2) is 9.97 Å². The van der Waals surface area contributed by atoms with Gasteiger partial charge in [0.2, 0.25) is 0 Å². The second-order valence-corrected chi connectivity index (χ2v) is 4.54. The number of hydrogen-bond acceptors (Lipinski definition) is 3. The molecule has 1 N–H and O–H groups in total. The highest BCUT2D eigenvalue weighted by atomic mass is 35.5. The summed E-state index contributed by atoms with van der Waals surface area (Å²) in [7, 11) is 0. The molecule has 0 saturated heterocycles. The van der Waals surface area contributed by atoms with Crippen molar-refractivity contribution in [3.63, 3.8) is 0 Å². The summed E-state index contributed by atoms with van der Waals surface area (Å²) in [5.41, 5.74) is -0.996. The van der Waals surface area contributed by atoms with Crippen molar-refractivity contribution in [1.82, 2.24) is 9.97 Å². The maximum atomic E-state index is 12.6. The lowest BCUT2D eigenvalue weighted by atomic mass is 10.2. The van der Waals surface area contributed by atoms with Crippen molar-refractivity contribution >= 4 is 23.2 Å². The molecule has 0 bridgehead atoms. The minimum Gasteiger partial charge on any atom is -0.319 e. The third-order valence-electron chi connectivity index (χ3n) is 2.55. The topological polar surface area (TPSA) is 54.9 Å². The molecule has 1 amide bonds. The van der Waals surface area contributed by atoms with Gasteiger partial charge in [0.05, 0.1) is 16.3 Å². The molecule has 0 saturated carbocycles. The van der Waals surface area contributed by atoms with Crippen LogP contribution in [0.15, 0.2) is 30.5 Å². The smallest absolute Gasteiger partial charge is 0.319 e. The van der Waals surface area contributed by atoms with E-state index < -0.39 is 17.6 Å². The van der Waals surface area contributed by atoms with Crippen LogP contribution in [0.5, 0.6) is 0 Å². The molecule has 0 unspecified atom stereocenters. The molecule has 0 atom stereocenters. The molecule has 0 radical (unpaired) electrons. The Morgan fingerprint density at radius 1 is 1.29 bits per heavy atom. The summed E-state index contributed by atoms with van der Waals surface area (Å²) in [6, 6.07) is 4.04. The molecule has 0 aliphatic carbocycles. The number of alkyl halides is 3. The van der Waals surface area contributed by atoms with E-state index in [1.165, 1.54) is 12.3 Å². The molecule has 0 spiro atoms. The Morgan fingerprint density at radius 2 is 2.00 bits per heavy atom. The van der Waals surface area contributed by atoms with Crippen LogP contribution in [0.3, 0.4) is 0 Å². The Bertz CT molecular complexity index is 689. The van der Waals surface area contributed by atoms with Gasteiger partial charge in [-0.15, -0.1) is 0 Å². The van der Waals surface area contributed by atoms with Gasteiger partial charge in [-0.3, -0.25) is 4.79 Å². The number of hydrogen-bond donors (Lipinski definition) is 1. The van der Waals surface area contributed by atoms with Crippen LogP contribution in [0.25, 0.3) is 0 Å². The van der Waals surface area contributed by atoms with E-state index in [-0.39, 0.29) is 16.4 Å². The zero-order valence-electron chi connectivity index (χ0n) is 10.7. The third kappa shape index (κ3) is 3.69. The summed E-state index contributed by atoms with van der Waals surface area (Å²) >= 11 is 5.79. The predicted molar refractivity (Wildman–Crippen MR) is 71.2 cm³/mol. The number of nitrogens with one attached hydrogen (secondary N) is 1. The largest absolute Gasteiger partial charge is 0.416 e. The summed E-state index contributed by atoms with van der Waals surface area (Å²) in [4.78, 5) is 19.6. The van der Waals surface area contributed by atoms with Crippen LogP contribution in [0.4, 0.5) is 18.9 Å². The molecule has 110 valence electrons. The Labute approximate surface area is 123 Å². The zero-order chi connectivity index (χ0) is 15.6. The van der Waals surface area contributed by atoms with Gasteiger partial charge in [-0.05, 0) is 31.2 Å². The zero-order valence-corrected chi connectivity index (χ0v) is 11.5. The third-order valence-corrected chi connectivity index (χ3v) is 2.88. The first-order chi connectivity index (χ1) is 9.77. The maximum Gasteiger partial charge on any atom is 0.416 e. The van der Waals surface area contributed by atoms with Crippen molar-refractivity contribution in [1.29, 1.82) is 0 Å². The molecule has 2 aromatic rings. The quantitative estimate of drug-likeness (QED) is 0.919. The van der Waals surface area contributed by atoms with Crippen molar-refractivity contribution in [2.45, 2.75) is 13.1 Å². The highest BCUT2D eigenvalue weighted by molar-refractivity contribution is 6.33. The molecule has 4 nitrogen and oxygen atoms in total. The summed E-state index contributed by atoms with van der Waals surface area (Å²) < 4.78 is 37.9. The average Bonchev–Trinajstić information content (AvgIpc) is 2.40. The number of nitrogens with zero attached hydrogens (tertiary/aromatic N) is 2. The van der Waals surface area contributed by atoms with E-state index in [2.05, 4.69) is 15.3 Å². The first kappa shape index (κ1) is 15.2. The van der Waals surface area contributed by atoms with Crippen LogP contribution >= 0.6 is 11.6 Å². The number of benzene rings is 1. The minimum absolute atomic E-state index is 0.00197. The number of halogens is 4. The minimum atomic E-state index is -4.52. The molecule has 21 heavy (non-hydrogen) atoms. The van der Waals surface area contributed by atoms with Crippen molar-refractivity contribution in [2.24, 2.45) is 0 Å². The van der Waals surface area contributed by atoms with E-state index in [4.69, 9.17) is 11.6 Å². The van der Waals surface area contributed by atoms with Crippen LogP contribution in [-0.4, -0.2) is 15.9 Å². The maximum absolute atomic E-state index is 12.6. The molecule has 2 rings (SSSR count). The molecule has 0 fully saturated rings. The second-order valence-electron chi connectivity index (χ2n) is 4.14. The van der Waals surface area contributed by atoms with Gasteiger partial charge in [0, 0.05) is 6.20 Å². The first-order valence-electron chi connectivity index (χ1n) is 5.75. The Hall–Kier alpha value is -2.15. The summed E-state index contributed by atoms with van der Waals surface area (Å²) in [6.45, 7) is 1.59. The number of carbonyl (C=O) groups excluding carboxylic acids is 1. The summed E-state index contributed by atoms with van der Waals surface area (Å²) in [6.07, 6.45) is -3.14. The fraction of sp³-hybridized carbons (Fsp3) is 0.154. The van der Waals surface area contributed by atoms with E-state index in [0.717, 1.165) is 18.2 Å². The first-order valence-corrected chi connectivity index (χ1v) is 6.13. The molecule has 1 aromatic carbocycles. The summed E-state index contributed by atoms with van der Waals surface area (Å²) in [5, 5.41) is 2.31. The molecule has 0 aliphatic rings. The van der Waals surface area contributed by atoms with Gasteiger partial charge in [0.1, 0.15) is 11.5 Å². The highest BCUT2D eigenvalue weighted by Crippen LogP contribution is 2.33. The highest BCUT2D eigenvalue weighted by Gasteiger charge is 2.31. The van der Waals surface area contributed by atoms with E-state index in [0.29, 0.717) is 5.82 Å². The van der Waals surface area contributed by atoms with Gasteiger partial charge >= 0.3 is 6.18 Å². The number of aromatic nitrogens is 2. The standard InChI is InChI=1S/C13H9ClF3N3O/c1-7-18-5-4-10(19-7)12(21)20-11-6-8(13(15,16)17)2-3-9(11)14/h2-6H,1H3,(H,20,21). The lowest BCUT2D eigenvalue weighted by molar-refractivity contribution is -0.137. The van der Waals surface area contributed by atoms with Gasteiger partial charge in [0.25, 0.3) is 5.91 Å². The van der Waals surface area contributed by atoms with Crippen LogP contribution in [0.2, 0.25) is 5.02 Å². The monoisotopic (exact) mass is 315 g/mol. The molecular weight excluding hydrogens is 307 g/mol. The second kappa shape index (κ2) is 5.69. The number of carbonyl (C=O) groups is 1. The SMILES string of the molecule is Cc1nccc(C(=O)Nc2cc(C(F)(F)F)ccc2Cl)n1. The van der Waals surface area contributed by atoms with Crippen molar-refractivity contribution < 1.29 is 18.0 Å². The fourth-order valence-corrected chi connectivity index (χ4v) is 1.73. The van der Waals surface area contributed by atoms with Gasteiger partial charge in [-0.1, -0.05) is 11.6 Å². The number of aryl methyl sites for hydroxylation is 1. The van der Waals surface area contributed by atoms with Gasteiger partial charge < -0.3 is 5.32 Å². The van der Waals surface area contributed by atoms with E-state index in [1.54, 1.807) is 6.92 Å². The van der Waals surface area contributed by atoms with Crippen LogP contribution < -0.4 is 5.32 Å². The van der Waals surface area contributed by atoms with E-state index in [9.17, 15) is 18.0 Å². The fourth-order valence-electron chi connectivity index (χ4n) is 1.57. The molecular formula is C13H9ClF3N3O. The van der Waals surface area contributed by atoms with Crippen molar-refractivity contribution in [3.8, 4) is 0 Å². The van der Waals surface area contributed by atoms with Crippen molar-refractivity contribution in [2.75, 3.05) is 5.32 Å². The van der Waals surface area contributed by atoms with E-state index in [1.807, 2.05) is 0 Å². The summed E-state index contributed by atoms with van der Waals surface area (Å²) in [5.74, 6) is -0.292. The van der Waals surface area contributed by atoms with Gasteiger partial charge in [0.15, 0.2) is 0 Å². The Balaban J connectivity index is 2.29. The van der Waals surface area contributed by atoms with Crippen LogP contribution in [0.1, 0.15) is 21.9 Å². The number of rotatable bonds is 2. The van der Waals surface area contributed by atoms with Crippen LogP contribution in [-0.2, 0) is 6.18 Å². The van der Waals surface area contributed by atoms with Gasteiger partial charge in [-0.2, -0.15) is 13.2 Å². The average molecular weight is 316 g/mol. The Morgan fingerprint density at radius 3 is 2.62 bits per heavy atom. The Kier molecular flexibility index (Phi) is 4.13. The molecule has 1 aromatic heterocycles. The lowest BCUT2D eigenvalue weighted by Gasteiger charge is -2.11. The van der Waals surface area contributed by atoms with Crippen LogP contribution in [0, 0.1) is 6.92 Å². The number of anilines is 1. The lowest BCUT2D eigenvalue weighted by Crippen LogP contribution is -2.15.